The smallest absolute Gasteiger partial charge is 0.223 e. The van der Waals surface area contributed by atoms with Crippen LogP contribution in [0.5, 0.6) is 0 Å². The average molecular weight is 408 g/mol. The first-order valence-corrected chi connectivity index (χ1v) is 11.0. The molecule has 2 atom stereocenters. The SMILES string of the molecule is Cc1nn(-c2ccc3nnc(C(C)C)n3n2)c(C)c1CCC(=O)N1CC2CC[C@H]1C2. The third-order valence-electron chi connectivity index (χ3n) is 6.77. The Hall–Kier alpha value is -2.77. The maximum atomic E-state index is 12.8. The first kappa shape index (κ1) is 19.2. The highest BCUT2D eigenvalue weighted by Crippen LogP contribution is 2.37. The van der Waals surface area contributed by atoms with Gasteiger partial charge in [0.1, 0.15) is 0 Å². The first-order valence-electron chi connectivity index (χ1n) is 11.0. The van der Waals surface area contributed by atoms with E-state index in [0.29, 0.717) is 18.4 Å². The van der Waals surface area contributed by atoms with Gasteiger partial charge in [-0.05, 0) is 63.1 Å². The van der Waals surface area contributed by atoms with Crippen LogP contribution in [0, 0.1) is 19.8 Å². The summed E-state index contributed by atoms with van der Waals surface area (Å²) in [6, 6.07) is 4.33. The molecule has 4 heterocycles. The number of carbonyl (C=O) groups excluding carboxylic acids is 1. The molecule has 1 aliphatic heterocycles. The van der Waals surface area contributed by atoms with Crippen molar-refractivity contribution in [3.05, 3.63) is 34.9 Å². The van der Waals surface area contributed by atoms with Crippen molar-refractivity contribution in [2.75, 3.05) is 6.54 Å². The summed E-state index contributed by atoms with van der Waals surface area (Å²) in [5.41, 5.74) is 3.87. The number of amides is 1. The van der Waals surface area contributed by atoms with Crippen LogP contribution in [0.4, 0.5) is 0 Å². The Bertz CT molecular complexity index is 1110. The highest BCUT2D eigenvalue weighted by molar-refractivity contribution is 5.77. The van der Waals surface area contributed by atoms with Gasteiger partial charge in [0.15, 0.2) is 17.3 Å². The fourth-order valence-electron chi connectivity index (χ4n) is 5.13. The number of carbonyl (C=O) groups is 1. The van der Waals surface area contributed by atoms with Crippen LogP contribution >= 0.6 is 0 Å². The Kier molecular flexibility index (Phi) is 4.60. The van der Waals surface area contributed by atoms with Gasteiger partial charge < -0.3 is 4.90 Å². The van der Waals surface area contributed by atoms with Crippen molar-refractivity contribution in [2.45, 2.75) is 71.8 Å². The van der Waals surface area contributed by atoms with Gasteiger partial charge in [0.25, 0.3) is 0 Å². The van der Waals surface area contributed by atoms with Crippen LogP contribution in [0.3, 0.4) is 0 Å². The molecule has 5 rings (SSSR count). The highest BCUT2D eigenvalue weighted by atomic mass is 16.2. The minimum Gasteiger partial charge on any atom is -0.339 e. The molecule has 0 spiro atoms. The minimum absolute atomic E-state index is 0.227. The van der Waals surface area contributed by atoms with Crippen molar-refractivity contribution in [3.8, 4) is 5.82 Å². The molecular weight excluding hydrogens is 378 g/mol. The molecule has 158 valence electrons. The van der Waals surface area contributed by atoms with E-state index in [4.69, 9.17) is 10.2 Å². The van der Waals surface area contributed by atoms with Crippen molar-refractivity contribution in [1.29, 1.82) is 0 Å². The van der Waals surface area contributed by atoms with Gasteiger partial charge in [-0.15, -0.1) is 15.3 Å². The molecule has 8 nitrogen and oxygen atoms in total. The fraction of sp³-hybridized carbons (Fsp3) is 0.591. The fourth-order valence-corrected chi connectivity index (χ4v) is 5.13. The number of hydrogen-bond donors (Lipinski definition) is 0. The second kappa shape index (κ2) is 7.18. The molecule has 2 fully saturated rings. The van der Waals surface area contributed by atoms with Crippen LogP contribution in [0.1, 0.15) is 68.2 Å². The van der Waals surface area contributed by atoms with Gasteiger partial charge in [0.2, 0.25) is 5.91 Å². The molecule has 3 aromatic heterocycles. The van der Waals surface area contributed by atoms with E-state index >= 15 is 0 Å². The molecule has 0 radical (unpaired) electrons. The lowest BCUT2D eigenvalue weighted by Crippen LogP contribution is -2.37. The molecule has 2 bridgehead atoms. The summed E-state index contributed by atoms with van der Waals surface area (Å²) in [4.78, 5) is 14.9. The average Bonchev–Trinajstić information content (AvgIpc) is 3.49. The van der Waals surface area contributed by atoms with Gasteiger partial charge in [0.05, 0.1) is 5.69 Å². The van der Waals surface area contributed by atoms with Crippen molar-refractivity contribution in [2.24, 2.45) is 5.92 Å². The summed E-state index contributed by atoms with van der Waals surface area (Å²) >= 11 is 0. The number of hydrogen-bond acceptors (Lipinski definition) is 5. The predicted octanol–water partition coefficient (Wildman–Crippen LogP) is 2.99. The van der Waals surface area contributed by atoms with Crippen LogP contribution in [0.2, 0.25) is 0 Å². The molecule has 1 aliphatic carbocycles. The van der Waals surface area contributed by atoms with Crippen LogP contribution in [0.15, 0.2) is 12.1 Å². The molecule has 3 aromatic rings. The zero-order valence-corrected chi connectivity index (χ0v) is 18.2. The standard InChI is InChI=1S/C22H29N7O/c1-13(2)22-24-23-19-8-9-20(26-29(19)22)28-15(4)18(14(3)25-28)7-10-21(30)27-12-16-5-6-17(27)11-16/h8-9,13,16-17H,5-7,10-12H2,1-4H3/t16?,17-/m0/s1. The number of piperidine rings is 1. The molecule has 8 heteroatoms. The topological polar surface area (TPSA) is 81.2 Å². The monoisotopic (exact) mass is 407 g/mol. The Balaban J connectivity index is 1.38. The summed E-state index contributed by atoms with van der Waals surface area (Å²) < 4.78 is 3.67. The van der Waals surface area contributed by atoms with Gasteiger partial charge in [-0.3, -0.25) is 4.79 Å². The largest absolute Gasteiger partial charge is 0.339 e. The van der Waals surface area contributed by atoms with E-state index in [9.17, 15) is 4.79 Å². The molecule has 1 saturated carbocycles. The molecule has 30 heavy (non-hydrogen) atoms. The maximum absolute atomic E-state index is 12.8. The van der Waals surface area contributed by atoms with Crippen LogP contribution in [-0.2, 0) is 11.2 Å². The molecule has 0 aromatic carbocycles. The summed E-state index contributed by atoms with van der Waals surface area (Å²) in [7, 11) is 0. The summed E-state index contributed by atoms with van der Waals surface area (Å²) in [5, 5.41) is 17.9. The van der Waals surface area contributed by atoms with E-state index in [1.54, 1.807) is 4.52 Å². The lowest BCUT2D eigenvalue weighted by molar-refractivity contribution is -0.132. The quantitative estimate of drug-likeness (QED) is 0.649. The van der Waals surface area contributed by atoms with Crippen molar-refractivity contribution >= 4 is 11.6 Å². The molecular formula is C22H29N7O. The van der Waals surface area contributed by atoms with Gasteiger partial charge in [-0.2, -0.15) is 9.61 Å². The van der Waals surface area contributed by atoms with E-state index in [1.165, 1.54) is 19.3 Å². The molecule has 2 aliphatic rings. The second-order valence-corrected chi connectivity index (χ2v) is 9.11. The maximum Gasteiger partial charge on any atom is 0.223 e. The Morgan fingerprint density at radius 3 is 2.70 bits per heavy atom. The molecule has 1 saturated heterocycles. The third kappa shape index (κ3) is 3.09. The Morgan fingerprint density at radius 2 is 2.00 bits per heavy atom. The van der Waals surface area contributed by atoms with Gasteiger partial charge >= 0.3 is 0 Å². The van der Waals surface area contributed by atoms with E-state index in [0.717, 1.165) is 53.1 Å². The van der Waals surface area contributed by atoms with Crippen molar-refractivity contribution in [1.82, 2.24) is 34.5 Å². The van der Waals surface area contributed by atoms with Crippen molar-refractivity contribution < 1.29 is 4.79 Å². The normalized spacial score (nSPS) is 20.8. The van der Waals surface area contributed by atoms with Gasteiger partial charge in [0, 0.05) is 30.6 Å². The van der Waals surface area contributed by atoms with Gasteiger partial charge in [-0.1, -0.05) is 13.8 Å². The molecule has 0 N–H and O–H groups in total. The number of fused-ring (bicyclic) bond motifs is 3. The summed E-state index contributed by atoms with van der Waals surface area (Å²) in [6.07, 6.45) is 4.95. The predicted molar refractivity (Wildman–Crippen MR) is 113 cm³/mol. The van der Waals surface area contributed by atoms with Crippen LogP contribution < -0.4 is 0 Å². The van der Waals surface area contributed by atoms with E-state index in [2.05, 4.69) is 35.9 Å². The minimum atomic E-state index is 0.227. The van der Waals surface area contributed by atoms with E-state index in [-0.39, 0.29) is 5.92 Å². The first-order chi connectivity index (χ1) is 14.4. The third-order valence-corrected chi connectivity index (χ3v) is 6.77. The number of rotatable bonds is 5. The zero-order valence-electron chi connectivity index (χ0n) is 18.2. The number of likely N-dealkylation sites (tertiary alicyclic amines) is 1. The van der Waals surface area contributed by atoms with Crippen LogP contribution in [0.25, 0.3) is 11.5 Å². The lowest BCUT2D eigenvalue weighted by Gasteiger charge is -2.27. The van der Waals surface area contributed by atoms with Gasteiger partial charge in [-0.25, -0.2) is 4.68 Å². The van der Waals surface area contributed by atoms with E-state index in [1.807, 2.05) is 23.7 Å². The number of nitrogens with zero attached hydrogens (tertiary/aromatic N) is 7. The number of aryl methyl sites for hydroxylation is 1. The molecule has 1 amide bonds. The second-order valence-electron chi connectivity index (χ2n) is 9.11. The Morgan fingerprint density at radius 1 is 1.17 bits per heavy atom. The van der Waals surface area contributed by atoms with Crippen LogP contribution in [-0.4, -0.2) is 53.0 Å². The lowest BCUT2D eigenvalue weighted by atomic mass is 10.1. The number of aromatic nitrogens is 6. The summed E-state index contributed by atoms with van der Waals surface area (Å²) in [5.74, 6) is 2.82. The van der Waals surface area contributed by atoms with Crippen molar-refractivity contribution in [3.63, 3.8) is 0 Å². The Labute approximate surface area is 176 Å². The molecule has 1 unspecified atom stereocenters. The highest BCUT2D eigenvalue weighted by Gasteiger charge is 2.39. The zero-order chi connectivity index (χ0) is 21.0. The van der Waals surface area contributed by atoms with E-state index < -0.39 is 0 Å². The summed E-state index contributed by atoms with van der Waals surface area (Å²) in [6.45, 7) is 9.18.